The van der Waals surface area contributed by atoms with E-state index >= 15 is 0 Å². The zero-order valence-corrected chi connectivity index (χ0v) is 8.14. The van der Waals surface area contributed by atoms with Gasteiger partial charge in [-0.15, -0.1) is 0 Å². The summed E-state index contributed by atoms with van der Waals surface area (Å²) in [5, 5.41) is 18.8. The number of carbonyl (C=O) groups is 2. The number of aliphatic hydroxyl groups is 1. The fourth-order valence-electron chi connectivity index (χ4n) is 1.36. The standard InChI is InChI=1S/C11H8O5/c12-7-3-1-6(2-4-7)9(13)8-5-16-11(15)10(8)14/h1-4,12-13H,5H2/b9-8-. The van der Waals surface area contributed by atoms with Gasteiger partial charge in [0.1, 0.15) is 18.1 Å². The summed E-state index contributed by atoms with van der Waals surface area (Å²) >= 11 is 0. The van der Waals surface area contributed by atoms with Gasteiger partial charge in [-0.3, -0.25) is 4.79 Å². The molecule has 1 heterocycles. The Kier molecular flexibility index (Phi) is 2.36. The van der Waals surface area contributed by atoms with Crippen molar-refractivity contribution in [2.45, 2.75) is 0 Å². The lowest BCUT2D eigenvalue weighted by Crippen LogP contribution is -2.07. The third kappa shape index (κ3) is 1.63. The number of aromatic hydroxyl groups is 1. The molecule has 1 fully saturated rings. The largest absolute Gasteiger partial charge is 0.508 e. The van der Waals surface area contributed by atoms with Gasteiger partial charge < -0.3 is 14.9 Å². The summed E-state index contributed by atoms with van der Waals surface area (Å²) < 4.78 is 4.49. The molecule has 0 spiro atoms. The summed E-state index contributed by atoms with van der Waals surface area (Å²) in [6.07, 6.45) is 0. The highest BCUT2D eigenvalue weighted by Crippen LogP contribution is 2.22. The van der Waals surface area contributed by atoms with Crippen molar-refractivity contribution < 1.29 is 24.5 Å². The number of hydrogen-bond donors (Lipinski definition) is 2. The average molecular weight is 220 g/mol. The van der Waals surface area contributed by atoms with Crippen LogP contribution < -0.4 is 0 Å². The first-order valence-corrected chi connectivity index (χ1v) is 4.52. The highest BCUT2D eigenvalue weighted by Gasteiger charge is 2.32. The second-order valence-electron chi connectivity index (χ2n) is 3.28. The normalized spacial score (nSPS) is 18.5. The van der Waals surface area contributed by atoms with Gasteiger partial charge in [0.15, 0.2) is 0 Å². The Morgan fingerprint density at radius 2 is 1.81 bits per heavy atom. The van der Waals surface area contributed by atoms with Crippen LogP contribution in [0.15, 0.2) is 29.8 Å². The van der Waals surface area contributed by atoms with Gasteiger partial charge in [0.05, 0.1) is 5.57 Å². The van der Waals surface area contributed by atoms with Gasteiger partial charge in [0.2, 0.25) is 0 Å². The van der Waals surface area contributed by atoms with Crippen molar-refractivity contribution in [3.05, 3.63) is 35.4 Å². The maximum atomic E-state index is 11.2. The predicted molar refractivity (Wildman–Crippen MR) is 53.6 cm³/mol. The number of benzene rings is 1. The van der Waals surface area contributed by atoms with E-state index in [9.17, 15) is 14.7 Å². The van der Waals surface area contributed by atoms with Crippen molar-refractivity contribution in [1.29, 1.82) is 0 Å². The van der Waals surface area contributed by atoms with Crippen LogP contribution in [0, 0.1) is 0 Å². The van der Waals surface area contributed by atoms with Gasteiger partial charge in [-0.25, -0.2) is 4.79 Å². The first-order chi connectivity index (χ1) is 7.59. The van der Waals surface area contributed by atoms with Crippen LogP contribution in [-0.4, -0.2) is 28.6 Å². The van der Waals surface area contributed by atoms with E-state index in [2.05, 4.69) is 4.74 Å². The minimum atomic E-state index is -0.958. The van der Waals surface area contributed by atoms with Gasteiger partial charge in [0.25, 0.3) is 5.78 Å². The number of esters is 1. The molecule has 1 aromatic carbocycles. The Morgan fingerprint density at radius 3 is 2.31 bits per heavy atom. The zero-order chi connectivity index (χ0) is 11.7. The fraction of sp³-hybridized carbons (Fsp3) is 0.0909. The Labute approximate surface area is 90.6 Å². The van der Waals surface area contributed by atoms with Crippen molar-refractivity contribution in [2.24, 2.45) is 0 Å². The van der Waals surface area contributed by atoms with E-state index in [1.165, 1.54) is 24.3 Å². The molecule has 5 heteroatoms. The summed E-state index contributed by atoms with van der Waals surface area (Å²) in [4.78, 5) is 22.1. The SMILES string of the molecule is O=C1OC/C(=C(/O)c2ccc(O)cc2)C1=O. The number of rotatable bonds is 1. The van der Waals surface area contributed by atoms with E-state index in [1.807, 2.05) is 0 Å². The molecule has 0 saturated carbocycles. The first kappa shape index (κ1) is 10.2. The molecule has 0 unspecified atom stereocenters. The molecule has 0 amide bonds. The van der Waals surface area contributed by atoms with E-state index in [4.69, 9.17) is 5.11 Å². The van der Waals surface area contributed by atoms with Gasteiger partial charge in [-0.2, -0.15) is 0 Å². The van der Waals surface area contributed by atoms with Crippen LogP contribution in [0.1, 0.15) is 5.56 Å². The van der Waals surface area contributed by atoms with Gasteiger partial charge in [-0.05, 0) is 24.3 Å². The van der Waals surface area contributed by atoms with Crippen LogP contribution in [0.4, 0.5) is 0 Å². The van der Waals surface area contributed by atoms with E-state index in [0.717, 1.165) is 0 Å². The van der Waals surface area contributed by atoms with E-state index in [0.29, 0.717) is 5.56 Å². The van der Waals surface area contributed by atoms with Crippen molar-refractivity contribution in [1.82, 2.24) is 0 Å². The Morgan fingerprint density at radius 1 is 1.19 bits per heavy atom. The summed E-state index contributed by atoms with van der Waals surface area (Å²) in [6, 6.07) is 5.62. The Hall–Kier alpha value is -2.30. The third-order valence-electron chi connectivity index (χ3n) is 2.23. The van der Waals surface area contributed by atoms with E-state index in [-0.39, 0.29) is 23.7 Å². The topological polar surface area (TPSA) is 83.8 Å². The number of phenols is 1. The van der Waals surface area contributed by atoms with Crippen molar-refractivity contribution in [3.63, 3.8) is 0 Å². The average Bonchev–Trinajstić information content (AvgIpc) is 2.60. The number of hydrogen-bond acceptors (Lipinski definition) is 5. The molecule has 0 aliphatic carbocycles. The van der Waals surface area contributed by atoms with Gasteiger partial charge in [-0.1, -0.05) is 0 Å². The van der Waals surface area contributed by atoms with Crippen molar-refractivity contribution in [3.8, 4) is 5.75 Å². The summed E-state index contributed by atoms with van der Waals surface area (Å²) in [5.74, 6) is -2.03. The monoisotopic (exact) mass is 220 g/mol. The molecule has 5 nitrogen and oxygen atoms in total. The van der Waals surface area contributed by atoms with Crippen LogP contribution in [0.3, 0.4) is 0 Å². The van der Waals surface area contributed by atoms with Crippen molar-refractivity contribution >= 4 is 17.5 Å². The molecule has 82 valence electrons. The van der Waals surface area contributed by atoms with Crippen LogP contribution in [-0.2, 0) is 14.3 Å². The fourth-order valence-corrected chi connectivity index (χ4v) is 1.36. The molecular weight excluding hydrogens is 212 g/mol. The van der Waals surface area contributed by atoms with E-state index < -0.39 is 11.8 Å². The Balaban J connectivity index is 2.41. The van der Waals surface area contributed by atoms with Crippen LogP contribution in [0.5, 0.6) is 5.75 Å². The van der Waals surface area contributed by atoms with Gasteiger partial charge in [0, 0.05) is 5.56 Å². The number of ketones is 1. The molecule has 1 aromatic rings. The molecule has 1 aliphatic rings. The van der Waals surface area contributed by atoms with Crippen LogP contribution >= 0.6 is 0 Å². The van der Waals surface area contributed by atoms with E-state index in [1.54, 1.807) is 0 Å². The first-order valence-electron chi connectivity index (χ1n) is 4.52. The molecule has 1 saturated heterocycles. The smallest absolute Gasteiger partial charge is 0.379 e. The lowest BCUT2D eigenvalue weighted by atomic mass is 10.1. The Bertz CT molecular complexity index is 484. The van der Waals surface area contributed by atoms with Crippen molar-refractivity contribution in [2.75, 3.05) is 6.61 Å². The zero-order valence-electron chi connectivity index (χ0n) is 8.14. The summed E-state index contributed by atoms with van der Waals surface area (Å²) in [6.45, 7) is -0.218. The maximum Gasteiger partial charge on any atom is 0.379 e. The highest BCUT2D eigenvalue weighted by atomic mass is 16.5. The molecular formula is C11H8O5. The lowest BCUT2D eigenvalue weighted by Gasteiger charge is -2.02. The number of aliphatic hydroxyl groups excluding tert-OH is 1. The maximum absolute atomic E-state index is 11.2. The number of phenolic OH excluding ortho intramolecular Hbond substituents is 1. The molecule has 2 rings (SSSR count). The molecule has 1 aliphatic heterocycles. The second-order valence-corrected chi connectivity index (χ2v) is 3.28. The molecule has 0 radical (unpaired) electrons. The summed E-state index contributed by atoms with van der Waals surface area (Å²) in [5.41, 5.74) is 0.287. The lowest BCUT2D eigenvalue weighted by molar-refractivity contribution is -0.146. The molecule has 16 heavy (non-hydrogen) atoms. The minimum Gasteiger partial charge on any atom is -0.508 e. The predicted octanol–water partition coefficient (Wildman–Crippen LogP) is 0.787. The number of ether oxygens (including phenoxy) is 1. The quantitative estimate of drug-likeness (QED) is 0.316. The minimum absolute atomic E-state index is 0.0478. The third-order valence-corrected chi connectivity index (χ3v) is 2.23. The number of cyclic esters (lactones) is 1. The molecule has 0 aromatic heterocycles. The molecule has 0 bridgehead atoms. The van der Waals surface area contributed by atoms with Crippen LogP contribution in [0.2, 0.25) is 0 Å². The number of carbonyl (C=O) groups excluding carboxylic acids is 2. The van der Waals surface area contributed by atoms with Gasteiger partial charge >= 0.3 is 5.97 Å². The second kappa shape index (κ2) is 3.69. The van der Waals surface area contributed by atoms with Crippen LogP contribution in [0.25, 0.3) is 5.76 Å². The number of Topliss-reactive ketones (excluding diaryl/α,β-unsaturated/α-hetero) is 1. The molecule has 2 N–H and O–H groups in total. The summed E-state index contributed by atoms with van der Waals surface area (Å²) in [7, 11) is 0. The highest BCUT2D eigenvalue weighted by molar-refractivity contribution is 6.43. The molecule has 0 atom stereocenters.